The number of nitrogens with zero attached hydrogens (tertiary/aromatic N) is 1. The van der Waals surface area contributed by atoms with E-state index in [2.05, 4.69) is 24.5 Å². The third-order valence-electron chi connectivity index (χ3n) is 5.21. The fourth-order valence-corrected chi connectivity index (χ4v) is 4.03. The smallest absolute Gasteiger partial charge is 0.296 e. The normalized spacial score (nSPS) is 18.2. The molecule has 7 nitrogen and oxygen atoms in total. The van der Waals surface area contributed by atoms with Crippen molar-refractivity contribution >= 4 is 34.9 Å². The van der Waals surface area contributed by atoms with E-state index in [1.807, 2.05) is 4.90 Å². The number of hydrogen-bond acceptors (Lipinski definition) is 4. The van der Waals surface area contributed by atoms with E-state index in [1.54, 1.807) is 42.5 Å². The second-order valence-corrected chi connectivity index (χ2v) is 8.25. The number of nitrogens with one attached hydrogen (secondary N) is 2. The van der Waals surface area contributed by atoms with Crippen molar-refractivity contribution < 1.29 is 19.2 Å². The number of amides is 3. The highest BCUT2D eigenvalue weighted by atomic mass is 16.2. The van der Waals surface area contributed by atoms with Gasteiger partial charge in [-0.2, -0.15) is 0 Å². The molecule has 2 aromatic carbocycles. The number of carbonyl (C=O) groups excluding carboxylic acids is 4. The van der Waals surface area contributed by atoms with Crippen molar-refractivity contribution in [2.45, 2.75) is 27.2 Å². The summed E-state index contributed by atoms with van der Waals surface area (Å²) in [5, 5.41) is 5.12. The summed E-state index contributed by atoms with van der Waals surface area (Å²) in [6, 6.07) is 12.9. The molecule has 162 valence electrons. The predicted octanol–water partition coefficient (Wildman–Crippen LogP) is 3.58. The Kier molecular flexibility index (Phi) is 6.84. The highest BCUT2D eigenvalue weighted by molar-refractivity contribution is 6.47. The molecule has 2 atom stereocenters. The first-order valence-corrected chi connectivity index (χ1v) is 10.4. The fourth-order valence-electron chi connectivity index (χ4n) is 4.03. The number of rotatable bonds is 5. The zero-order valence-electron chi connectivity index (χ0n) is 18.0. The van der Waals surface area contributed by atoms with E-state index >= 15 is 0 Å². The third-order valence-corrected chi connectivity index (χ3v) is 5.21. The van der Waals surface area contributed by atoms with E-state index in [4.69, 9.17) is 0 Å². The van der Waals surface area contributed by atoms with Gasteiger partial charge in [-0.3, -0.25) is 19.2 Å². The SMILES string of the molecule is CC(=O)Nc1ccccc1C(=O)C(=O)Nc1cccc(C(=O)N2C[C@H](C)C[C@H](C)C2)c1. The van der Waals surface area contributed by atoms with E-state index in [1.165, 1.54) is 13.0 Å². The number of para-hydroxylation sites is 1. The van der Waals surface area contributed by atoms with Crippen molar-refractivity contribution in [2.24, 2.45) is 11.8 Å². The van der Waals surface area contributed by atoms with Gasteiger partial charge in [-0.15, -0.1) is 0 Å². The van der Waals surface area contributed by atoms with E-state index < -0.39 is 11.7 Å². The topological polar surface area (TPSA) is 95.6 Å². The Morgan fingerprint density at radius 3 is 2.26 bits per heavy atom. The summed E-state index contributed by atoms with van der Waals surface area (Å²) >= 11 is 0. The molecular formula is C24H27N3O4. The molecule has 1 aliphatic rings. The molecule has 0 spiro atoms. The quantitative estimate of drug-likeness (QED) is 0.570. The van der Waals surface area contributed by atoms with E-state index in [0.29, 0.717) is 36.2 Å². The van der Waals surface area contributed by atoms with Crippen LogP contribution in [0.25, 0.3) is 0 Å². The van der Waals surface area contributed by atoms with Crippen LogP contribution in [-0.2, 0) is 9.59 Å². The summed E-state index contributed by atoms with van der Waals surface area (Å²) in [6.07, 6.45) is 1.10. The lowest BCUT2D eigenvalue weighted by Crippen LogP contribution is -2.42. The first-order valence-electron chi connectivity index (χ1n) is 10.4. The Labute approximate surface area is 181 Å². The zero-order chi connectivity index (χ0) is 22.5. The minimum absolute atomic E-state index is 0.0863. The Balaban J connectivity index is 1.74. The molecule has 3 amide bonds. The lowest BCUT2D eigenvalue weighted by molar-refractivity contribution is -0.114. The van der Waals surface area contributed by atoms with Crippen LogP contribution >= 0.6 is 0 Å². The van der Waals surface area contributed by atoms with Crippen LogP contribution in [0, 0.1) is 11.8 Å². The molecule has 1 heterocycles. The van der Waals surface area contributed by atoms with Gasteiger partial charge in [-0.1, -0.05) is 32.0 Å². The Morgan fingerprint density at radius 2 is 1.58 bits per heavy atom. The van der Waals surface area contributed by atoms with Crippen LogP contribution in [-0.4, -0.2) is 41.5 Å². The molecule has 3 rings (SSSR count). The van der Waals surface area contributed by atoms with Crippen molar-refractivity contribution in [1.82, 2.24) is 4.90 Å². The van der Waals surface area contributed by atoms with E-state index in [-0.39, 0.29) is 23.1 Å². The van der Waals surface area contributed by atoms with E-state index in [0.717, 1.165) is 6.42 Å². The summed E-state index contributed by atoms with van der Waals surface area (Å²) in [7, 11) is 0. The van der Waals surface area contributed by atoms with Crippen molar-refractivity contribution in [3.63, 3.8) is 0 Å². The summed E-state index contributed by atoms with van der Waals surface area (Å²) in [5.74, 6) is -1.17. The van der Waals surface area contributed by atoms with Gasteiger partial charge in [0.2, 0.25) is 5.91 Å². The highest BCUT2D eigenvalue weighted by Gasteiger charge is 2.26. The molecule has 0 radical (unpaired) electrons. The number of piperidine rings is 1. The van der Waals surface area contributed by atoms with E-state index in [9.17, 15) is 19.2 Å². The van der Waals surface area contributed by atoms with Gasteiger partial charge < -0.3 is 15.5 Å². The van der Waals surface area contributed by atoms with Gasteiger partial charge in [0.25, 0.3) is 17.6 Å². The minimum atomic E-state index is -0.845. The van der Waals surface area contributed by atoms with Gasteiger partial charge in [0.1, 0.15) is 0 Å². The number of carbonyl (C=O) groups is 4. The summed E-state index contributed by atoms with van der Waals surface area (Å²) in [4.78, 5) is 51.3. The van der Waals surface area contributed by atoms with Crippen molar-refractivity contribution in [2.75, 3.05) is 23.7 Å². The van der Waals surface area contributed by atoms with Gasteiger partial charge in [0.15, 0.2) is 0 Å². The largest absolute Gasteiger partial charge is 0.338 e. The average molecular weight is 421 g/mol. The summed E-state index contributed by atoms with van der Waals surface area (Å²) in [6.45, 7) is 7.01. The number of Topliss-reactive ketones (excluding diaryl/α,β-unsaturated/α-hetero) is 1. The predicted molar refractivity (Wildman–Crippen MR) is 119 cm³/mol. The number of likely N-dealkylation sites (tertiary alicyclic amines) is 1. The molecule has 1 fully saturated rings. The Bertz CT molecular complexity index is 1010. The molecule has 0 saturated carbocycles. The first kappa shape index (κ1) is 22.2. The zero-order valence-corrected chi connectivity index (χ0v) is 18.0. The Morgan fingerprint density at radius 1 is 0.903 bits per heavy atom. The standard InChI is InChI=1S/C24H27N3O4/c1-15-11-16(2)14-27(13-15)24(31)18-7-6-8-19(12-18)26-23(30)22(29)20-9-4-5-10-21(20)25-17(3)28/h4-10,12,15-16H,11,13-14H2,1-3H3,(H,25,28)(H,26,30)/t15-,16+. The van der Waals surface area contributed by atoms with Gasteiger partial charge in [0, 0.05) is 31.3 Å². The number of ketones is 1. The van der Waals surface area contributed by atoms with Gasteiger partial charge in [-0.05, 0) is 48.6 Å². The van der Waals surface area contributed by atoms with Crippen LogP contribution < -0.4 is 10.6 Å². The molecular weight excluding hydrogens is 394 g/mol. The molecule has 0 unspecified atom stereocenters. The van der Waals surface area contributed by atoms with Crippen LogP contribution in [0.15, 0.2) is 48.5 Å². The van der Waals surface area contributed by atoms with Crippen LogP contribution in [0.4, 0.5) is 11.4 Å². The van der Waals surface area contributed by atoms with Crippen LogP contribution in [0.1, 0.15) is 47.9 Å². The highest BCUT2D eigenvalue weighted by Crippen LogP contribution is 2.23. The third kappa shape index (κ3) is 5.57. The summed E-state index contributed by atoms with van der Waals surface area (Å²) < 4.78 is 0. The van der Waals surface area contributed by atoms with Crippen molar-refractivity contribution in [1.29, 1.82) is 0 Å². The van der Waals surface area contributed by atoms with Gasteiger partial charge in [-0.25, -0.2) is 0 Å². The summed E-state index contributed by atoms with van der Waals surface area (Å²) in [5.41, 5.74) is 1.19. The maximum absolute atomic E-state index is 12.9. The minimum Gasteiger partial charge on any atom is -0.338 e. The number of benzene rings is 2. The molecule has 31 heavy (non-hydrogen) atoms. The Hall–Kier alpha value is -3.48. The molecule has 7 heteroatoms. The number of hydrogen-bond donors (Lipinski definition) is 2. The van der Waals surface area contributed by atoms with Crippen molar-refractivity contribution in [3.8, 4) is 0 Å². The fraction of sp³-hybridized carbons (Fsp3) is 0.333. The molecule has 1 aliphatic heterocycles. The molecule has 0 bridgehead atoms. The maximum atomic E-state index is 12.9. The van der Waals surface area contributed by atoms with Gasteiger partial charge >= 0.3 is 0 Å². The van der Waals surface area contributed by atoms with Crippen LogP contribution in [0.3, 0.4) is 0 Å². The monoisotopic (exact) mass is 421 g/mol. The molecule has 2 aromatic rings. The van der Waals surface area contributed by atoms with Crippen molar-refractivity contribution in [3.05, 3.63) is 59.7 Å². The average Bonchev–Trinajstić information content (AvgIpc) is 2.72. The maximum Gasteiger partial charge on any atom is 0.296 e. The lowest BCUT2D eigenvalue weighted by atomic mass is 9.91. The van der Waals surface area contributed by atoms with Crippen LogP contribution in [0.2, 0.25) is 0 Å². The van der Waals surface area contributed by atoms with Gasteiger partial charge in [0.05, 0.1) is 11.3 Å². The number of anilines is 2. The second kappa shape index (κ2) is 9.55. The molecule has 0 aromatic heterocycles. The molecule has 1 saturated heterocycles. The molecule has 0 aliphatic carbocycles. The second-order valence-electron chi connectivity index (χ2n) is 8.25. The first-order chi connectivity index (χ1) is 14.7. The lowest BCUT2D eigenvalue weighted by Gasteiger charge is -2.35. The molecule has 2 N–H and O–H groups in total. The van der Waals surface area contributed by atoms with Crippen LogP contribution in [0.5, 0.6) is 0 Å².